The Hall–Kier alpha value is -2.86. The summed E-state index contributed by atoms with van der Waals surface area (Å²) in [5.74, 6) is -0.320. The van der Waals surface area contributed by atoms with Gasteiger partial charge in [0, 0.05) is 44.0 Å². The number of carbonyl (C=O) groups is 2. The second-order valence-electron chi connectivity index (χ2n) is 8.28. The Balaban J connectivity index is 1.41. The molecule has 0 radical (unpaired) electrons. The molecule has 0 aromatic heterocycles. The van der Waals surface area contributed by atoms with Gasteiger partial charge in [-0.15, -0.1) is 0 Å². The number of piperazine rings is 1. The van der Waals surface area contributed by atoms with Gasteiger partial charge in [0.2, 0.25) is 0 Å². The molecule has 2 heterocycles. The van der Waals surface area contributed by atoms with Crippen molar-refractivity contribution in [2.75, 3.05) is 31.6 Å². The Labute approximate surface area is 178 Å². The molecule has 1 fully saturated rings. The maximum Gasteiger partial charge on any atom is 0.337 e. The van der Waals surface area contributed by atoms with Crippen molar-refractivity contribution in [3.05, 3.63) is 65.2 Å². The van der Waals surface area contributed by atoms with Crippen LogP contribution in [0.1, 0.15) is 35.3 Å². The molecule has 158 valence electrons. The minimum absolute atomic E-state index is 0.112. The van der Waals surface area contributed by atoms with Gasteiger partial charge in [-0.25, -0.2) is 9.59 Å². The van der Waals surface area contributed by atoms with Crippen molar-refractivity contribution in [1.82, 2.24) is 9.80 Å². The molecule has 0 aliphatic carbocycles. The normalized spacial score (nSPS) is 21.4. The Kier molecular flexibility index (Phi) is 5.77. The van der Waals surface area contributed by atoms with Crippen LogP contribution in [-0.2, 0) is 17.7 Å². The van der Waals surface area contributed by atoms with Crippen LogP contribution in [0.4, 0.5) is 10.5 Å². The summed E-state index contributed by atoms with van der Waals surface area (Å²) in [6, 6.07) is 16.4. The third-order valence-corrected chi connectivity index (χ3v) is 6.23. The zero-order chi connectivity index (χ0) is 21.3. The summed E-state index contributed by atoms with van der Waals surface area (Å²) in [7, 11) is 1.39. The molecule has 0 bridgehead atoms. The Morgan fingerprint density at radius 1 is 1.00 bits per heavy atom. The molecule has 0 unspecified atom stereocenters. The predicted molar refractivity (Wildman–Crippen MR) is 117 cm³/mol. The molecule has 2 atom stereocenters. The van der Waals surface area contributed by atoms with Gasteiger partial charge < -0.3 is 9.64 Å². The van der Waals surface area contributed by atoms with Crippen molar-refractivity contribution in [2.24, 2.45) is 0 Å². The molecular weight excluding hydrogens is 378 g/mol. The van der Waals surface area contributed by atoms with E-state index in [1.807, 2.05) is 40.1 Å². The Bertz CT molecular complexity index is 916. The van der Waals surface area contributed by atoms with Gasteiger partial charge in [-0.2, -0.15) is 0 Å². The van der Waals surface area contributed by atoms with Crippen molar-refractivity contribution in [3.63, 3.8) is 0 Å². The number of carbonyl (C=O) groups excluding carboxylic acids is 2. The number of rotatable bonds is 3. The summed E-state index contributed by atoms with van der Waals surface area (Å²) in [6.07, 6.45) is 0.925. The summed E-state index contributed by atoms with van der Waals surface area (Å²) in [5.41, 5.74) is 4.01. The number of anilines is 1. The number of benzene rings is 2. The van der Waals surface area contributed by atoms with Crippen molar-refractivity contribution < 1.29 is 14.3 Å². The van der Waals surface area contributed by atoms with E-state index >= 15 is 0 Å². The minimum atomic E-state index is -0.320. The van der Waals surface area contributed by atoms with Crippen molar-refractivity contribution in [2.45, 2.75) is 38.9 Å². The van der Waals surface area contributed by atoms with Crippen LogP contribution in [0.25, 0.3) is 0 Å². The number of nitrogens with zero attached hydrogens (tertiary/aromatic N) is 3. The second-order valence-corrected chi connectivity index (χ2v) is 8.28. The quantitative estimate of drug-likeness (QED) is 0.730. The van der Waals surface area contributed by atoms with Crippen molar-refractivity contribution >= 4 is 17.7 Å². The minimum Gasteiger partial charge on any atom is -0.465 e. The molecule has 1 saturated heterocycles. The predicted octanol–water partition coefficient (Wildman–Crippen LogP) is 3.55. The zero-order valence-electron chi connectivity index (χ0n) is 17.9. The number of urea groups is 1. The topological polar surface area (TPSA) is 53.1 Å². The van der Waals surface area contributed by atoms with Crippen LogP contribution >= 0.6 is 0 Å². The SMILES string of the molecule is COC(=O)c1ccc(CN2[C@H](C)CN(C(=O)N3CCc4ccccc43)C[C@@H]2C)cc1. The van der Waals surface area contributed by atoms with Gasteiger partial charge in [0.05, 0.1) is 12.7 Å². The average Bonchev–Trinajstić information content (AvgIpc) is 3.19. The van der Waals surface area contributed by atoms with Gasteiger partial charge in [0.25, 0.3) is 0 Å². The highest BCUT2D eigenvalue weighted by atomic mass is 16.5. The van der Waals surface area contributed by atoms with Gasteiger partial charge in [-0.05, 0) is 49.6 Å². The average molecular weight is 408 g/mol. The van der Waals surface area contributed by atoms with E-state index in [9.17, 15) is 9.59 Å². The van der Waals surface area contributed by atoms with Crippen LogP contribution in [0, 0.1) is 0 Å². The van der Waals surface area contributed by atoms with Crippen LogP contribution in [0.15, 0.2) is 48.5 Å². The van der Waals surface area contributed by atoms with E-state index in [0.717, 1.165) is 30.8 Å². The smallest absolute Gasteiger partial charge is 0.337 e. The first-order valence-corrected chi connectivity index (χ1v) is 10.5. The first-order chi connectivity index (χ1) is 14.5. The molecule has 0 spiro atoms. The van der Waals surface area contributed by atoms with E-state index < -0.39 is 0 Å². The summed E-state index contributed by atoms with van der Waals surface area (Å²) in [4.78, 5) is 31.2. The number of amides is 2. The second kappa shape index (κ2) is 8.48. The molecule has 2 amide bonds. The number of methoxy groups -OCH3 is 1. The van der Waals surface area contributed by atoms with Crippen molar-refractivity contribution in [3.8, 4) is 0 Å². The lowest BCUT2D eigenvalue weighted by atomic mass is 10.1. The van der Waals surface area contributed by atoms with Crippen LogP contribution in [0.5, 0.6) is 0 Å². The van der Waals surface area contributed by atoms with Crippen LogP contribution in [0.2, 0.25) is 0 Å². The third kappa shape index (κ3) is 3.92. The highest BCUT2D eigenvalue weighted by Crippen LogP contribution is 2.29. The molecular formula is C24H29N3O3. The van der Waals surface area contributed by atoms with E-state index in [0.29, 0.717) is 18.7 Å². The first-order valence-electron chi connectivity index (χ1n) is 10.5. The van der Waals surface area contributed by atoms with E-state index in [4.69, 9.17) is 4.74 Å². The number of ether oxygens (including phenoxy) is 1. The maximum absolute atomic E-state index is 13.2. The standard InChI is InChI=1S/C24H29N3O3/c1-17-14-25(24(29)26-13-12-20-6-4-5-7-22(20)26)15-18(2)27(17)16-19-8-10-21(11-9-19)23(28)30-3/h4-11,17-18H,12-16H2,1-3H3/t17-,18+. The Morgan fingerprint density at radius 3 is 2.33 bits per heavy atom. The lowest BCUT2D eigenvalue weighted by Crippen LogP contribution is -2.59. The van der Waals surface area contributed by atoms with Gasteiger partial charge >= 0.3 is 12.0 Å². The zero-order valence-corrected chi connectivity index (χ0v) is 17.9. The highest BCUT2D eigenvalue weighted by molar-refractivity contribution is 5.94. The maximum atomic E-state index is 13.2. The number of hydrogen-bond donors (Lipinski definition) is 0. The van der Waals surface area contributed by atoms with Gasteiger partial charge in [0.15, 0.2) is 0 Å². The van der Waals surface area contributed by atoms with Crippen LogP contribution in [-0.4, -0.2) is 60.6 Å². The summed E-state index contributed by atoms with van der Waals surface area (Å²) in [6.45, 7) is 7.32. The van der Waals surface area contributed by atoms with E-state index in [1.165, 1.54) is 12.7 Å². The van der Waals surface area contributed by atoms with Gasteiger partial charge in [-0.1, -0.05) is 30.3 Å². The molecule has 0 N–H and O–H groups in total. The number of esters is 1. The largest absolute Gasteiger partial charge is 0.465 e. The van der Waals surface area contributed by atoms with Crippen LogP contribution < -0.4 is 4.90 Å². The fourth-order valence-corrected chi connectivity index (χ4v) is 4.61. The lowest BCUT2D eigenvalue weighted by molar-refractivity contribution is 0.0510. The molecule has 6 nitrogen and oxygen atoms in total. The summed E-state index contributed by atoms with van der Waals surface area (Å²) >= 11 is 0. The van der Waals surface area contributed by atoms with E-state index in [-0.39, 0.29) is 24.1 Å². The number of fused-ring (bicyclic) bond motifs is 1. The highest BCUT2D eigenvalue weighted by Gasteiger charge is 2.35. The number of hydrogen-bond acceptors (Lipinski definition) is 4. The van der Waals surface area contributed by atoms with Gasteiger partial charge in [0.1, 0.15) is 0 Å². The van der Waals surface area contributed by atoms with E-state index in [1.54, 1.807) is 12.1 Å². The molecule has 2 aromatic rings. The Morgan fingerprint density at radius 2 is 1.67 bits per heavy atom. The fourth-order valence-electron chi connectivity index (χ4n) is 4.61. The number of para-hydroxylation sites is 1. The molecule has 4 rings (SSSR count). The van der Waals surface area contributed by atoms with Gasteiger partial charge in [-0.3, -0.25) is 9.80 Å². The molecule has 2 aliphatic heterocycles. The first kappa shape index (κ1) is 20.4. The molecule has 0 saturated carbocycles. The molecule has 2 aliphatic rings. The van der Waals surface area contributed by atoms with Crippen LogP contribution in [0.3, 0.4) is 0 Å². The monoisotopic (exact) mass is 407 g/mol. The molecule has 30 heavy (non-hydrogen) atoms. The third-order valence-electron chi connectivity index (χ3n) is 6.23. The molecule has 2 aromatic carbocycles. The fraction of sp³-hybridized carbons (Fsp3) is 0.417. The summed E-state index contributed by atoms with van der Waals surface area (Å²) in [5, 5.41) is 0. The lowest BCUT2D eigenvalue weighted by Gasteiger charge is -2.45. The summed E-state index contributed by atoms with van der Waals surface area (Å²) < 4.78 is 4.77. The van der Waals surface area contributed by atoms with Crippen molar-refractivity contribution in [1.29, 1.82) is 0 Å². The molecule has 6 heteroatoms. The van der Waals surface area contributed by atoms with E-state index in [2.05, 4.69) is 24.8 Å².